The van der Waals surface area contributed by atoms with E-state index < -0.39 is 0 Å². The number of aryl methyl sites for hydroxylation is 1. The molecule has 0 aliphatic carbocycles. The Morgan fingerprint density at radius 2 is 2.55 bits per heavy atom. The second-order valence-corrected chi connectivity index (χ2v) is 2.24. The molecule has 1 aromatic heterocycles. The van der Waals surface area contributed by atoms with Gasteiger partial charge in [-0.25, -0.2) is 4.68 Å². The highest BCUT2D eigenvalue weighted by Gasteiger charge is 2.01. The second kappa shape index (κ2) is 3.30. The summed E-state index contributed by atoms with van der Waals surface area (Å²) in [5.74, 6) is 0. The van der Waals surface area contributed by atoms with Gasteiger partial charge in [0, 0.05) is 13.3 Å². The molecule has 4 heteroatoms. The topological polar surface area (TPSA) is 44.1 Å². The monoisotopic (exact) mass is 154 g/mol. The molecule has 0 N–H and O–H groups in total. The summed E-state index contributed by atoms with van der Waals surface area (Å²) in [7, 11) is 1.58. The van der Waals surface area contributed by atoms with Crippen molar-refractivity contribution < 1.29 is 9.53 Å². The van der Waals surface area contributed by atoms with E-state index in [0.29, 0.717) is 12.3 Å². The van der Waals surface area contributed by atoms with E-state index in [9.17, 15) is 4.79 Å². The zero-order chi connectivity index (χ0) is 8.27. The Hall–Kier alpha value is -1.16. The minimum Gasteiger partial charge on any atom is -0.362 e. The lowest BCUT2D eigenvalue weighted by Crippen LogP contribution is -1.99. The maximum Gasteiger partial charge on any atom is 0.153 e. The molecule has 0 unspecified atom stereocenters. The van der Waals surface area contributed by atoms with Gasteiger partial charge >= 0.3 is 0 Å². The fraction of sp³-hybridized carbons (Fsp3) is 0.429. The van der Waals surface area contributed by atoms with Crippen molar-refractivity contribution in [2.24, 2.45) is 0 Å². The first-order valence-electron chi connectivity index (χ1n) is 3.26. The molecule has 11 heavy (non-hydrogen) atoms. The van der Waals surface area contributed by atoms with Crippen molar-refractivity contribution in [2.75, 3.05) is 7.11 Å². The summed E-state index contributed by atoms with van der Waals surface area (Å²) < 4.78 is 6.41. The van der Waals surface area contributed by atoms with Crippen LogP contribution in [0.2, 0.25) is 0 Å². The van der Waals surface area contributed by atoms with Crippen molar-refractivity contribution >= 4 is 6.29 Å². The standard InChI is InChI=1S/C7H10N2O2/c1-6-7(4-10)3-9(8-6)5-11-2/h3-4H,5H2,1-2H3. The molecule has 0 atom stereocenters. The highest BCUT2D eigenvalue weighted by molar-refractivity contribution is 5.75. The third-order valence-corrected chi connectivity index (χ3v) is 1.37. The molecule has 0 amide bonds. The average Bonchev–Trinajstić information content (AvgIpc) is 2.32. The van der Waals surface area contributed by atoms with Crippen LogP contribution in [0.4, 0.5) is 0 Å². The van der Waals surface area contributed by atoms with Crippen molar-refractivity contribution in [1.29, 1.82) is 0 Å². The number of rotatable bonds is 3. The molecule has 0 aliphatic heterocycles. The zero-order valence-corrected chi connectivity index (χ0v) is 6.57. The summed E-state index contributed by atoms with van der Waals surface area (Å²) in [6, 6.07) is 0. The molecule has 0 fully saturated rings. The van der Waals surface area contributed by atoms with Gasteiger partial charge in [-0.2, -0.15) is 5.10 Å². The molecule has 60 valence electrons. The third kappa shape index (κ3) is 1.65. The predicted octanol–water partition coefficient (Wildman–Crippen LogP) is 0.608. The Kier molecular flexibility index (Phi) is 2.38. The van der Waals surface area contributed by atoms with E-state index >= 15 is 0 Å². The number of ether oxygens (including phenoxy) is 1. The number of hydrogen-bond acceptors (Lipinski definition) is 3. The normalized spacial score (nSPS) is 10.0. The van der Waals surface area contributed by atoms with Gasteiger partial charge in [0.05, 0.1) is 11.3 Å². The summed E-state index contributed by atoms with van der Waals surface area (Å²) in [6.07, 6.45) is 2.44. The van der Waals surface area contributed by atoms with Gasteiger partial charge < -0.3 is 4.74 Å². The van der Waals surface area contributed by atoms with Crippen LogP contribution in [0.25, 0.3) is 0 Å². The number of carbonyl (C=O) groups is 1. The molecule has 0 spiro atoms. The molecule has 0 saturated carbocycles. The van der Waals surface area contributed by atoms with Crippen LogP contribution in [0.3, 0.4) is 0 Å². The summed E-state index contributed by atoms with van der Waals surface area (Å²) in [6.45, 7) is 2.17. The fourth-order valence-electron chi connectivity index (χ4n) is 0.847. The molecule has 1 rings (SSSR count). The summed E-state index contributed by atoms with van der Waals surface area (Å²) >= 11 is 0. The molecular formula is C7H10N2O2. The lowest BCUT2D eigenvalue weighted by molar-refractivity contribution is 0.112. The van der Waals surface area contributed by atoms with Crippen LogP contribution in [-0.4, -0.2) is 23.2 Å². The first kappa shape index (κ1) is 7.94. The fourth-order valence-corrected chi connectivity index (χ4v) is 0.847. The van der Waals surface area contributed by atoms with E-state index in [1.54, 1.807) is 24.9 Å². The molecule has 0 bridgehead atoms. The number of hydrogen-bond donors (Lipinski definition) is 0. The molecule has 0 aliphatic rings. The smallest absolute Gasteiger partial charge is 0.153 e. The van der Waals surface area contributed by atoms with Gasteiger partial charge in [-0.3, -0.25) is 4.79 Å². The predicted molar refractivity (Wildman–Crippen MR) is 39.4 cm³/mol. The van der Waals surface area contributed by atoms with E-state index in [1.165, 1.54) is 0 Å². The van der Waals surface area contributed by atoms with Crippen LogP contribution in [0, 0.1) is 6.92 Å². The Labute approximate surface area is 64.8 Å². The highest BCUT2D eigenvalue weighted by atomic mass is 16.5. The number of aromatic nitrogens is 2. The summed E-state index contributed by atoms with van der Waals surface area (Å²) in [5, 5.41) is 4.03. The van der Waals surface area contributed by atoms with E-state index in [4.69, 9.17) is 4.74 Å². The molecule has 4 nitrogen and oxygen atoms in total. The van der Waals surface area contributed by atoms with Crippen LogP contribution < -0.4 is 0 Å². The molecule has 0 radical (unpaired) electrons. The quantitative estimate of drug-likeness (QED) is 0.599. The van der Waals surface area contributed by atoms with Crippen LogP contribution in [-0.2, 0) is 11.5 Å². The summed E-state index contributed by atoms with van der Waals surface area (Å²) in [5.41, 5.74) is 1.35. The maximum atomic E-state index is 10.4. The van der Waals surface area contributed by atoms with Crippen molar-refractivity contribution in [3.63, 3.8) is 0 Å². The van der Waals surface area contributed by atoms with E-state index in [0.717, 1.165) is 12.0 Å². The van der Waals surface area contributed by atoms with Gasteiger partial charge in [-0.15, -0.1) is 0 Å². The van der Waals surface area contributed by atoms with Gasteiger partial charge in [0.15, 0.2) is 6.29 Å². The third-order valence-electron chi connectivity index (χ3n) is 1.37. The first-order valence-corrected chi connectivity index (χ1v) is 3.26. The minimum absolute atomic E-state index is 0.384. The number of methoxy groups -OCH3 is 1. The molecular weight excluding hydrogens is 144 g/mol. The second-order valence-electron chi connectivity index (χ2n) is 2.24. The zero-order valence-electron chi connectivity index (χ0n) is 6.57. The highest BCUT2D eigenvalue weighted by Crippen LogP contribution is 2.01. The van der Waals surface area contributed by atoms with Gasteiger partial charge in [0.25, 0.3) is 0 Å². The van der Waals surface area contributed by atoms with Crippen molar-refractivity contribution in [2.45, 2.75) is 13.7 Å². The Bertz CT molecular complexity index is 255. The van der Waals surface area contributed by atoms with E-state index in [2.05, 4.69) is 5.10 Å². The average molecular weight is 154 g/mol. The Morgan fingerprint density at radius 3 is 3.00 bits per heavy atom. The largest absolute Gasteiger partial charge is 0.362 e. The van der Waals surface area contributed by atoms with E-state index in [1.807, 2.05) is 0 Å². The number of carbonyl (C=O) groups excluding carboxylic acids is 1. The lowest BCUT2D eigenvalue weighted by Gasteiger charge is -1.95. The van der Waals surface area contributed by atoms with Gasteiger partial charge in [0.2, 0.25) is 0 Å². The van der Waals surface area contributed by atoms with E-state index in [-0.39, 0.29) is 0 Å². The van der Waals surface area contributed by atoms with Crippen LogP contribution in [0.5, 0.6) is 0 Å². The molecule has 1 heterocycles. The van der Waals surface area contributed by atoms with Gasteiger partial charge in [-0.1, -0.05) is 0 Å². The van der Waals surface area contributed by atoms with Crippen molar-refractivity contribution in [3.8, 4) is 0 Å². The molecule has 0 aromatic carbocycles. The molecule has 0 saturated heterocycles. The molecule has 1 aromatic rings. The Morgan fingerprint density at radius 1 is 1.82 bits per heavy atom. The van der Waals surface area contributed by atoms with Crippen LogP contribution in [0.1, 0.15) is 16.1 Å². The SMILES string of the molecule is COCn1cc(C=O)c(C)n1. The minimum atomic E-state index is 0.384. The summed E-state index contributed by atoms with van der Waals surface area (Å²) in [4.78, 5) is 10.4. The van der Waals surface area contributed by atoms with Crippen molar-refractivity contribution in [3.05, 3.63) is 17.5 Å². The number of aldehydes is 1. The maximum absolute atomic E-state index is 10.4. The van der Waals surface area contributed by atoms with Crippen molar-refractivity contribution in [1.82, 2.24) is 9.78 Å². The Balaban J connectivity index is 2.86. The van der Waals surface area contributed by atoms with Crippen LogP contribution in [0.15, 0.2) is 6.20 Å². The van der Waals surface area contributed by atoms with Gasteiger partial charge in [0.1, 0.15) is 6.73 Å². The van der Waals surface area contributed by atoms with Gasteiger partial charge in [-0.05, 0) is 6.92 Å². The van der Waals surface area contributed by atoms with Crippen LogP contribution >= 0.6 is 0 Å². The first-order chi connectivity index (χ1) is 5.27. The lowest BCUT2D eigenvalue weighted by atomic mass is 10.3. The number of nitrogens with zero attached hydrogens (tertiary/aromatic N) is 2.